The number of rotatable bonds is 2. The molecular formula is C13H17FNO. The third kappa shape index (κ3) is 2.19. The van der Waals surface area contributed by atoms with Gasteiger partial charge in [-0.25, -0.2) is 4.39 Å². The molecule has 1 heterocycles. The van der Waals surface area contributed by atoms with Crippen LogP contribution < -0.4 is 4.90 Å². The summed E-state index contributed by atoms with van der Waals surface area (Å²) in [5, 5.41) is 0. The average molecular weight is 222 g/mol. The van der Waals surface area contributed by atoms with Crippen LogP contribution in [0.25, 0.3) is 0 Å². The van der Waals surface area contributed by atoms with Gasteiger partial charge >= 0.3 is 0 Å². The monoisotopic (exact) mass is 222 g/mol. The van der Waals surface area contributed by atoms with E-state index < -0.39 is 6.17 Å². The Kier molecular flexibility index (Phi) is 3.44. The number of hydrogen-bond acceptors (Lipinski definition) is 2. The molecule has 1 saturated heterocycles. The summed E-state index contributed by atoms with van der Waals surface area (Å²) in [5.41, 5.74) is 2.26. The van der Waals surface area contributed by atoms with Gasteiger partial charge < -0.3 is 9.64 Å². The maximum Gasteiger partial charge on any atom is 0.149 e. The zero-order valence-corrected chi connectivity index (χ0v) is 9.69. The van der Waals surface area contributed by atoms with Gasteiger partial charge in [0.2, 0.25) is 0 Å². The minimum absolute atomic E-state index is 0.116. The van der Waals surface area contributed by atoms with E-state index in [1.165, 1.54) is 12.2 Å². The molecule has 1 fully saturated rings. The van der Waals surface area contributed by atoms with Crippen LogP contribution in [-0.2, 0) is 4.74 Å². The summed E-state index contributed by atoms with van der Waals surface area (Å²) in [6.45, 7) is 3.95. The van der Waals surface area contributed by atoms with Crippen LogP contribution in [-0.4, -0.2) is 25.9 Å². The van der Waals surface area contributed by atoms with Crippen LogP contribution in [0, 0.1) is 13.5 Å². The van der Waals surface area contributed by atoms with Crippen LogP contribution in [0.5, 0.6) is 0 Å². The Labute approximate surface area is 96.0 Å². The van der Waals surface area contributed by atoms with Crippen molar-refractivity contribution in [3.63, 3.8) is 0 Å². The Morgan fingerprint density at radius 3 is 2.81 bits per heavy atom. The first kappa shape index (κ1) is 11.4. The number of hydrogen-bond donors (Lipinski definition) is 0. The SMILES string of the molecule is Cc1ccccc1N(C)C1CCO[CH]C1F. The molecule has 1 aromatic rings. The van der Waals surface area contributed by atoms with Crippen LogP contribution in [0.2, 0.25) is 0 Å². The third-order valence-corrected chi connectivity index (χ3v) is 3.12. The fourth-order valence-corrected chi connectivity index (χ4v) is 2.14. The largest absolute Gasteiger partial charge is 0.372 e. The summed E-state index contributed by atoms with van der Waals surface area (Å²) in [6.07, 6.45) is -0.291. The second-order valence-electron chi connectivity index (χ2n) is 4.20. The van der Waals surface area contributed by atoms with E-state index in [0.717, 1.165) is 12.1 Å². The van der Waals surface area contributed by atoms with Crippen molar-refractivity contribution in [2.75, 3.05) is 18.6 Å². The molecule has 2 unspecified atom stereocenters. The van der Waals surface area contributed by atoms with Gasteiger partial charge in [0.15, 0.2) is 0 Å². The van der Waals surface area contributed by atoms with Gasteiger partial charge in [-0.1, -0.05) is 18.2 Å². The number of nitrogens with zero attached hydrogens (tertiary/aromatic N) is 1. The topological polar surface area (TPSA) is 12.5 Å². The van der Waals surface area contributed by atoms with E-state index >= 15 is 0 Å². The molecule has 2 nitrogen and oxygen atoms in total. The first-order valence-electron chi connectivity index (χ1n) is 5.57. The highest BCUT2D eigenvalue weighted by Crippen LogP contribution is 2.26. The van der Waals surface area contributed by atoms with Crippen LogP contribution in [0.1, 0.15) is 12.0 Å². The Morgan fingerprint density at radius 2 is 2.12 bits per heavy atom. The zero-order valence-electron chi connectivity index (χ0n) is 9.69. The van der Waals surface area contributed by atoms with Crippen molar-refractivity contribution >= 4 is 5.69 Å². The molecule has 2 rings (SSSR count). The summed E-state index contributed by atoms with van der Waals surface area (Å²) in [4.78, 5) is 2.01. The van der Waals surface area contributed by atoms with Crippen molar-refractivity contribution in [1.82, 2.24) is 0 Å². The van der Waals surface area contributed by atoms with Gasteiger partial charge in [0.1, 0.15) is 12.8 Å². The van der Waals surface area contributed by atoms with Crippen molar-refractivity contribution in [3.8, 4) is 0 Å². The summed E-state index contributed by atoms with van der Waals surface area (Å²) in [5.74, 6) is 0. The van der Waals surface area contributed by atoms with E-state index in [0.29, 0.717) is 6.61 Å². The van der Waals surface area contributed by atoms with E-state index in [1.54, 1.807) is 0 Å². The average Bonchev–Trinajstić information content (AvgIpc) is 2.29. The van der Waals surface area contributed by atoms with Crippen LogP contribution in [0.4, 0.5) is 10.1 Å². The highest BCUT2D eigenvalue weighted by molar-refractivity contribution is 5.53. The predicted octanol–water partition coefficient (Wildman–Crippen LogP) is 2.72. The number of alkyl halides is 1. The summed E-state index contributed by atoms with van der Waals surface area (Å²) >= 11 is 0. The van der Waals surface area contributed by atoms with Crippen molar-refractivity contribution in [2.45, 2.75) is 25.6 Å². The van der Waals surface area contributed by atoms with Crippen molar-refractivity contribution in [2.24, 2.45) is 0 Å². The Morgan fingerprint density at radius 1 is 1.38 bits per heavy atom. The normalized spacial score (nSPS) is 25.4. The van der Waals surface area contributed by atoms with Gasteiger partial charge in [-0.15, -0.1) is 0 Å². The maximum atomic E-state index is 13.7. The van der Waals surface area contributed by atoms with Crippen molar-refractivity contribution in [3.05, 3.63) is 36.4 Å². The summed E-state index contributed by atoms with van der Waals surface area (Å²) < 4.78 is 18.7. The molecule has 0 aliphatic carbocycles. The molecule has 1 aromatic carbocycles. The quantitative estimate of drug-likeness (QED) is 0.763. The van der Waals surface area contributed by atoms with E-state index in [9.17, 15) is 4.39 Å². The second-order valence-corrected chi connectivity index (χ2v) is 4.20. The lowest BCUT2D eigenvalue weighted by Gasteiger charge is -2.35. The van der Waals surface area contributed by atoms with Gasteiger partial charge in [-0.05, 0) is 25.0 Å². The summed E-state index contributed by atoms with van der Waals surface area (Å²) in [6, 6.07) is 7.93. The molecule has 0 spiro atoms. The lowest BCUT2D eigenvalue weighted by atomic mass is 10.0. The number of anilines is 1. The second kappa shape index (κ2) is 4.83. The minimum Gasteiger partial charge on any atom is -0.372 e. The molecule has 1 aliphatic rings. The van der Waals surface area contributed by atoms with Crippen LogP contribution in [0.3, 0.4) is 0 Å². The minimum atomic E-state index is -1.02. The fraction of sp³-hybridized carbons (Fsp3) is 0.462. The van der Waals surface area contributed by atoms with Crippen molar-refractivity contribution in [1.29, 1.82) is 0 Å². The number of para-hydroxylation sites is 1. The lowest BCUT2D eigenvalue weighted by molar-refractivity contribution is 0.0775. The Hall–Kier alpha value is -1.09. The molecular weight excluding hydrogens is 205 g/mol. The molecule has 16 heavy (non-hydrogen) atoms. The number of benzene rings is 1. The van der Waals surface area contributed by atoms with E-state index in [-0.39, 0.29) is 6.04 Å². The van der Waals surface area contributed by atoms with Gasteiger partial charge in [0, 0.05) is 19.3 Å². The maximum absolute atomic E-state index is 13.7. The molecule has 2 atom stereocenters. The van der Waals surface area contributed by atoms with Gasteiger partial charge in [0.25, 0.3) is 0 Å². The summed E-state index contributed by atoms with van der Waals surface area (Å²) in [7, 11) is 1.94. The standard InChI is InChI=1S/C13H17FNO/c1-10-5-3-4-6-12(10)15(2)13-7-8-16-9-11(13)14/h3-6,9,11,13H,7-8H2,1-2H3. The highest BCUT2D eigenvalue weighted by atomic mass is 19.1. The number of halogens is 1. The van der Waals surface area contributed by atoms with E-state index in [1.807, 2.05) is 43.1 Å². The van der Waals surface area contributed by atoms with E-state index in [4.69, 9.17) is 4.74 Å². The first-order chi connectivity index (χ1) is 7.70. The van der Waals surface area contributed by atoms with Crippen LogP contribution in [0.15, 0.2) is 24.3 Å². The van der Waals surface area contributed by atoms with Crippen LogP contribution >= 0.6 is 0 Å². The number of ether oxygens (including phenoxy) is 1. The van der Waals surface area contributed by atoms with Crippen molar-refractivity contribution < 1.29 is 9.13 Å². The molecule has 1 aliphatic heterocycles. The highest BCUT2D eigenvalue weighted by Gasteiger charge is 2.29. The zero-order chi connectivity index (χ0) is 11.5. The Balaban J connectivity index is 2.17. The predicted molar refractivity (Wildman–Crippen MR) is 63.1 cm³/mol. The molecule has 3 heteroatoms. The molecule has 0 aromatic heterocycles. The van der Waals surface area contributed by atoms with Gasteiger partial charge in [-0.2, -0.15) is 0 Å². The molecule has 0 saturated carbocycles. The third-order valence-electron chi connectivity index (χ3n) is 3.12. The molecule has 87 valence electrons. The van der Waals surface area contributed by atoms with Gasteiger partial charge in [-0.3, -0.25) is 0 Å². The Bertz CT molecular complexity index is 356. The molecule has 0 N–H and O–H groups in total. The van der Waals surface area contributed by atoms with Gasteiger partial charge in [0.05, 0.1) is 6.04 Å². The lowest BCUT2D eigenvalue weighted by Crippen LogP contribution is -2.43. The molecule has 1 radical (unpaired) electrons. The molecule has 0 bridgehead atoms. The fourth-order valence-electron chi connectivity index (χ4n) is 2.14. The van der Waals surface area contributed by atoms with E-state index in [2.05, 4.69) is 0 Å². The number of aryl methyl sites for hydroxylation is 1. The smallest absolute Gasteiger partial charge is 0.149 e. The molecule has 0 amide bonds. The first-order valence-corrected chi connectivity index (χ1v) is 5.57.